The first kappa shape index (κ1) is 16.3. The van der Waals surface area contributed by atoms with Gasteiger partial charge < -0.3 is 15.4 Å². The van der Waals surface area contributed by atoms with Gasteiger partial charge in [0.15, 0.2) is 5.96 Å². The maximum Gasteiger partial charge on any atom is 0.191 e. The normalized spacial score (nSPS) is 26.6. The number of ether oxygens (including phenoxy) is 1. The molecular formula is C18H28N4O. The molecule has 5 nitrogen and oxygen atoms in total. The molecular weight excluding hydrogens is 288 g/mol. The predicted octanol–water partition coefficient (Wildman–Crippen LogP) is 1.78. The molecule has 1 aromatic carbocycles. The van der Waals surface area contributed by atoms with Gasteiger partial charge in [-0.15, -0.1) is 0 Å². The largest absolute Gasteiger partial charge is 0.373 e. The van der Waals surface area contributed by atoms with Gasteiger partial charge in [-0.25, -0.2) is 0 Å². The van der Waals surface area contributed by atoms with E-state index in [0.29, 0.717) is 6.04 Å². The van der Waals surface area contributed by atoms with Crippen LogP contribution in [0.15, 0.2) is 35.3 Å². The fraction of sp³-hybridized carbons (Fsp3) is 0.611. The van der Waals surface area contributed by atoms with E-state index in [0.717, 1.165) is 25.7 Å². The lowest BCUT2D eigenvalue weighted by Gasteiger charge is -2.35. The molecule has 3 unspecified atom stereocenters. The lowest BCUT2D eigenvalue weighted by Crippen LogP contribution is -2.51. The molecule has 2 saturated heterocycles. The average Bonchev–Trinajstić information content (AvgIpc) is 3.07. The third kappa shape index (κ3) is 4.24. The molecule has 5 heteroatoms. The molecule has 0 aromatic heterocycles. The molecule has 0 aliphatic carbocycles. The van der Waals surface area contributed by atoms with E-state index in [1.54, 1.807) is 0 Å². The van der Waals surface area contributed by atoms with Gasteiger partial charge in [0.05, 0.1) is 18.8 Å². The molecule has 0 radical (unpaired) electrons. The van der Waals surface area contributed by atoms with E-state index in [1.165, 1.54) is 24.9 Å². The number of fused-ring (bicyclic) bond motifs is 1. The molecule has 1 aromatic rings. The van der Waals surface area contributed by atoms with Crippen molar-refractivity contribution in [3.63, 3.8) is 0 Å². The number of aliphatic imine (C=N–C) groups is 1. The van der Waals surface area contributed by atoms with Crippen molar-refractivity contribution in [1.82, 2.24) is 15.5 Å². The van der Waals surface area contributed by atoms with Gasteiger partial charge in [-0.05, 0) is 31.9 Å². The Balaban J connectivity index is 1.46. The van der Waals surface area contributed by atoms with Crippen LogP contribution in [-0.4, -0.2) is 56.3 Å². The second kappa shape index (κ2) is 7.79. The topological polar surface area (TPSA) is 48.9 Å². The second-order valence-electron chi connectivity index (χ2n) is 6.48. The molecule has 126 valence electrons. The van der Waals surface area contributed by atoms with Crippen LogP contribution in [0.3, 0.4) is 0 Å². The summed E-state index contributed by atoms with van der Waals surface area (Å²) in [5.74, 6) is 0.827. The highest BCUT2D eigenvalue weighted by atomic mass is 16.5. The van der Waals surface area contributed by atoms with Gasteiger partial charge in [-0.3, -0.25) is 9.89 Å². The summed E-state index contributed by atoms with van der Waals surface area (Å²) in [7, 11) is 1.81. The van der Waals surface area contributed by atoms with Crippen LogP contribution in [-0.2, 0) is 4.74 Å². The summed E-state index contributed by atoms with van der Waals surface area (Å²) in [6, 6.07) is 11.3. The van der Waals surface area contributed by atoms with E-state index >= 15 is 0 Å². The molecule has 0 bridgehead atoms. The molecule has 2 N–H and O–H groups in total. The monoisotopic (exact) mass is 316 g/mol. The van der Waals surface area contributed by atoms with E-state index in [1.807, 2.05) is 13.1 Å². The molecule has 0 spiro atoms. The predicted molar refractivity (Wildman–Crippen MR) is 93.7 cm³/mol. The van der Waals surface area contributed by atoms with Crippen molar-refractivity contribution in [2.24, 2.45) is 4.99 Å². The first-order valence-corrected chi connectivity index (χ1v) is 8.64. The molecule has 0 amide bonds. The van der Waals surface area contributed by atoms with Crippen LogP contribution in [0, 0.1) is 0 Å². The molecule has 2 aliphatic rings. The number of guanidine groups is 1. The van der Waals surface area contributed by atoms with E-state index in [9.17, 15) is 0 Å². The van der Waals surface area contributed by atoms with Crippen molar-refractivity contribution in [2.75, 3.05) is 33.3 Å². The van der Waals surface area contributed by atoms with Crippen molar-refractivity contribution in [3.05, 3.63) is 35.9 Å². The third-order valence-corrected chi connectivity index (χ3v) is 4.84. The maximum absolute atomic E-state index is 5.99. The Labute approximate surface area is 139 Å². The van der Waals surface area contributed by atoms with Crippen molar-refractivity contribution >= 4 is 5.96 Å². The second-order valence-corrected chi connectivity index (χ2v) is 6.48. The van der Waals surface area contributed by atoms with Crippen molar-refractivity contribution in [1.29, 1.82) is 0 Å². The Kier molecular flexibility index (Phi) is 5.51. The fourth-order valence-corrected chi connectivity index (χ4v) is 3.44. The van der Waals surface area contributed by atoms with Gasteiger partial charge in [0.2, 0.25) is 0 Å². The summed E-state index contributed by atoms with van der Waals surface area (Å²) in [4.78, 5) is 6.90. The Morgan fingerprint density at radius 2 is 2.22 bits per heavy atom. The van der Waals surface area contributed by atoms with Crippen LogP contribution in [0.4, 0.5) is 0 Å². The molecule has 2 aliphatic heterocycles. The average molecular weight is 316 g/mol. The van der Waals surface area contributed by atoms with Gasteiger partial charge >= 0.3 is 0 Å². The summed E-state index contributed by atoms with van der Waals surface area (Å²) in [6.45, 7) is 6.07. The van der Waals surface area contributed by atoms with E-state index in [-0.39, 0.29) is 12.1 Å². The molecule has 2 fully saturated rings. The van der Waals surface area contributed by atoms with E-state index in [4.69, 9.17) is 4.74 Å². The van der Waals surface area contributed by atoms with Crippen molar-refractivity contribution in [3.8, 4) is 0 Å². The van der Waals surface area contributed by atoms with Crippen LogP contribution < -0.4 is 10.6 Å². The minimum Gasteiger partial charge on any atom is -0.373 e. The molecule has 0 saturated carbocycles. The van der Waals surface area contributed by atoms with Gasteiger partial charge in [0, 0.05) is 26.2 Å². The Morgan fingerprint density at radius 3 is 3.00 bits per heavy atom. The zero-order valence-corrected chi connectivity index (χ0v) is 14.2. The zero-order valence-electron chi connectivity index (χ0n) is 14.2. The summed E-state index contributed by atoms with van der Waals surface area (Å²) in [5, 5.41) is 6.85. The Bertz CT molecular complexity index is 519. The highest BCUT2D eigenvalue weighted by Gasteiger charge is 2.32. The van der Waals surface area contributed by atoms with Crippen LogP contribution in [0.2, 0.25) is 0 Å². The highest BCUT2D eigenvalue weighted by Crippen LogP contribution is 2.22. The van der Waals surface area contributed by atoms with Gasteiger partial charge in [0.1, 0.15) is 0 Å². The standard InChI is InChI=1S/C18H28N4O/c1-14(15-7-4-3-5-8-15)21-18(19-2)20-11-17-12-22-10-6-9-16(22)13-23-17/h3-5,7-8,14,16-17H,6,9-13H2,1-2H3,(H2,19,20,21). The Hall–Kier alpha value is -1.59. The van der Waals surface area contributed by atoms with Crippen LogP contribution >= 0.6 is 0 Å². The summed E-state index contributed by atoms with van der Waals surface area (Å²) in [5.41, 5.74) is 1.25. The number of morpholine rings is 1. The first-order valence-electron chi connectivity index (χ1n) is 8.64. The molecule has 23 heavy (non-hydrogen) atoms. The Morgan fingerprint density at radius 1 is 1.39 bits per heavy atom. The number of benzene rings is 1. The van der Waals surface area contributed by atoms with E-state index in [2.05, 4.69) is 51.7 Å². The van der Waals surface area contributed by atoms with Crippen molar-refractivity contribution in [2.45, 2.75) is 38.0 Å². The smallest absolute Gasteiger partial charge is 0.191 e. The minimum atomic E-state index is 0.220. The van der Waals surface area contributed by atoms with E-state index < -0.39 is 0 Å². The summed E-state index contributed by atoms with van der Waals surface area (Å²) < 4.78 is 5.99. The summed E-state index contributed by atoms with van der Waals surface area (Å²) >= 11 is 0. The molecule has 3 rings (SSSR count). The number of rotatable bonds is 4. The maximum atomic E-state index is 5.99. The number of hydrogen-bond donors (Lipinski definition) is 2. The summed E-state index contributed by atoms with van der Waals surface area (Å²) in [6.07, 6.45) is 2.85. The third-order valence-electron chi connectivity index (χ3n) is 4.84. The quantitative estimate of drug-likeness (QED) is 0.657. The lowest BCUT2D eigenvalue weighted by molar-refractivity contribution is -0.0453. The zero-order chi connectivity index (χ0) is 16.1. The van der Waals surface area contributed by atoms with Crippen LogP contribution in [0.1, 0.15) is 31.4 Å². The first-order chi connectivity index (χ1) is 11.3. The van der Waals surface area contributed by atoms with Gasteiger partial charge in [-0.1, -0.05) is 30.3 Å². The SMILES string of the molecule is CN=C(NCC1CN2CCCC2CO1)NC(C)c1ccccc1. The molecule has 3 atom stereocenters. The van der Waals surface area contributed by atoms with Gasteiger partial charge in [-0.2, -0.15) is 0 Å². The number of hydrogen-bond acceptors (Lipinski definition) is 3. The van der Waals surface area contributed by atoms with Crippen LogP contribution in [0.25, 0.3) is 0 Å². The van der Waals surface area contributed by atoms with Crippen molar-refractivity contribution < 1.29 is 4.74 Å². The lowest BCUT2D eigenvalue weighted by atomic mass is 10.1. The fourth-order valence-electron chi connectivity index (χ4n) is 3.44. The van der Waals surface area contributed by atoms with Gasteiger partial charge in [0.25, 0.3) is 0 Å². The number of nitrogens with one attached hydrogen (secondary N) is 2. The minimum absolute atomic E-state index is 0.220. The number of nitrogens with zero attached hydrogens (tertiary/aromatic N) is 2. The highest BCUT2D eigenvalue weighted by molar-refractivity contribution is 5.80. The van der Waals surface area contributed by atoms with Crippen LogP contribution in [0.5, 0.6) is 0 Å². The molecule has 2 heterocycles.